The van der Waals surface area contributed by atoms with Gasteiger partial charge in [0.1, 0.15) is 0 Å². The van der Waals surface area contributed by atoms with Gasteiger partial charge < -0.3 is 11.1 Å². The van der Waals surface area contributed by atoms with E-state index in [1.807, 2.05) is 0 Å². The van der Waals surface area contributed by atoms with Gasteiger partial charge in [-0.1, -0.05) is 0 Å². The van der Waals surface area contributed by atoms with Crippen LogP contribution in [0.25, 0.3) is 0 Å². The van der Waals surface area contributed by atoms with Gasteiger partial charge in [-0.15, -0.1) is 0 Å². The molecule has 0 bridgehead atoms. The van der Waals surface area contributed by atoms with Crippen molar-refractivity contribution in [3.8, 4) is 0 Å². The molecule has 0 heterocycles. The van der Waals surface area contributed by atoms with E-state index in [0.717, 1.165) is 0 Å². The highest BCUT2D eigenvalue weighted by atomic mass is 19.3. The maximum absolute atomic E-state index is 11.5. The summed E-state index contributed by atoms with van der Waals surface area (Å²) in [5.74, 6) is 0. The second-order valence-corrected chi connectivity index (χ2v) is 3.01. The van der Waals surface area contributed by atoms with Crippen LogP contribution in [0.4, 0.5) is 8.78 Å². The van der Waals surface area contributed by atoms with Gasteiger partial charge in [0.05, 0.1) is 6.54 Å². The maximum atomic E-state index is 11.5. The number of hydrogen-bond acceptors (Lipinski definition) is 2. The van der Waals surface area contributed by atoms with E-state index in [0.29, 0.717) is 6.54 Å². The number of halogens is 2. The molecule has 0 aromatic heterocycles. The Morgan fingerprint density at radius 2 is 2.00 bits per heavy atom. The van der Waals surface area contributed by atoms with Gasteiger partial charge >= 0.3 is 0 Å². The lowest BCUT2D eigenvalue weighted by molar-refractivity contribution is 0.144. The summed E-state index contributed by atoms with van der Waals surface area (Å²) in [6, 6.07) is 0. The summed E-state index contributed by atoms with van der Waals surface area (Å²) in [6.45, 7) is 3.70. The third-order valence-electron chi connectivity index (χ3n) is 0.879. The van der Waals surface area contributed by atoms with Gasteiger partial charge in [-0.05, 0) is 13.8 Å². The van der Waals surface area contributed by atoms with E-state index in [1.54, 1.807) is 13.8 Å². The second-order valence-electron chi connectivity index (χ2n) is 3.01. The van der Waals surface area contributed by atoms with Gasteiger partial charge in [0.2, 0.25) is 0 Å². The molecule has 0 radical (unpaired) electrons. The van der Waals surface area contributed by atoms with Crippen molar-refractivity contribution in [2.24, 2.45) is 5.73 Å². The predicted octanol–water partition coefficient (Wildman–Crippen LogP) is 0.578. The van der Waals surface area contributed by atoms with E-state index >= 15 is 0 Å². The van der Waals surface area contributed by atoms with Gasteiger partial charge in [0.25, 0.3) is 6.43 Å². The molecule has 0 saturated heterocycles. The number of alkyl halides is 2. The van der Waals surface area contributed by atoms with Crippen molar-refractivity contribution >= 4 is 0 Å². The third kappa shape index (κ3) is 7.78. The van der Waals surface area contributed by atoms with Gasteiger partial charge in [-0.25, -0.2) is 8.78 Å². The molecule has 0 aliphatic heterocycles. The highest BCUT2D eigenvalue weighted by Gasteiger charge is 2.10. The molecule has 0 aromatic carbocycles. The predicted molar refractivity (Wildman–Crippen MR) is 37.1 cm³/mol. The average Bonchev–Trinajstić information content (AvgIpc) is 1.59. The molecule has 0 fully saturated rings. The van der Waals surface area contributed by atoms with Gasteiger partial charge in [-0.3, -0.25) is 0 Å². The molecule has 0 rings (SSSR count). The number of nitrogens with two attached hydrogens (primary N) is 1. The standard InChI is InChI=1S/C6H14F2N2/c1-6(2,9)4-10-3-5(7)8/h5,10H,3-4,9H2,1-2H3. The molecule has 4 heteroatoms. The zero-order chi connectivity index (χ0) is 8.20. The molecular formula is C6H14F2N2. The third-order valence-corrected chi connectivity index (χ3v) is 0.879. The van der Waals surface area contributed by atoms with Crippen LogP contribution in [-0.4, -0.2) is 25.1 Å². The molecule has 0 atom stereocenters. The SMILES string of the molecule is CC(C)(N)CNCC(F)F. The van der Waals surface area contributed by atoms with Crippen molar-refractivity contribution in [1.82, 2.24) is 5.32 Å². The molecule has 0 spiro atoms. The van der Waals surface area contributed by atoms with Crippen LogP contribution >= 0.6 is 0 Å². The lowest BCUT2D eigenvalue weighted by atomic mass is 10.1. The highest BCUT2D eigenvalue weighted by Crippen LogP contribution is 1.94. The first kappa shape index (κ1) is 9.78. The minimum atomic E-state index is -2.29. The van der Waals surface area contributed by atoms with Crippen molar-refractivity contribution in [1.29, 1.82) is 0 Å². The zero-order valence-corrected chi connectivity index (χ0v) is 6.32. The summed E-state index contributed by atoms with van der Waals surface area (Å²) in [7, 11) is 0. The summed E-state index contributed by atoms with van der Waals surface area (Å²) in [6.07, 6.45) is -2.29. The van der Waals surface area contributed by atoms with Crippen LogP contribution in [-0.2, 0) is 0 Å². The van der Waals surface area contributed by atoms with Gasteiger partial charge in [-0.2, -0.15) is 0 Å². The molecule has 10 heavy (non-hydrogen) atoms. The molecule has 3 N–H and O–H groups in total. The largest absolute Gasteiger partial charge is 0.324 e. The summed E-state index contributed by atoms with van der Waals surface area (Å²) in [5.41, 5.74) is 5.11. The fourth-order valence-electron chi connectivity index (χ4n) is 0.503. The Hall–Kier alpha value is -0.220. The van der Waals surface area contributed by atoms with Crippen molar-refractivity contribution in [2.45, 2.75) is 25.8 Å². The summed E-state index contributed by atoms with van der Waals surface area (Å²) in [4.78, 5) is 0. The van der Waals surface area contributed by atoms with Crippen LogP contribution in [0.15, 0.2) is 0 Å². The second kappa shape index (κ2) is 3.83. The lowest BCUT2D eigenvalue weighted by Crippen LogP contribution is -2.44. The fourth-order valence-corrected chi connectivity index (χ4v) is 0.503. The van der Waals surface area contributed by atoms with Crippen LogP contribution in [0.2, 0.25) is 0 Å². The maximum Gasteiger partial charge on any atom is 0.250 e. The van der Waals surface area contributed by atoms with Crippen LogP contribution in [0.1, 0.15) is 13.8 Å². The fraction of sp³-hybridized carbons (Fsp3) is 1.00. The molecule has 0 unspecified atom stereocenters. The summed E-state index contributed by atoms with van der Waals surface area (Å²) < 4.78 is 23.0. The van der Waals surface area contributed by atoms with Crippen molar-refractivity contribution in [3.63, 3.8) is 0 Å². The van der Waals surface area contributed by atoms with E-state index < -0.39 is 12.0 Å². The van der Waals surface area contributed by atoms with Crippen LogP contribution < -0.4 is 11.1 Å². The van der Waals surface area contributed by atoms with Crippen LogP contribution in [0, 0.1) is 0 Å². The Balaban J connectivity index is 3.21. The Labute approximate surface area is 59.8 Å². The summed E-state index contributed by atoms with van der Waals surface area (Å²) >= 11 is 0. The van der Waals surface area contributed by atoms with E-state index in [1.165, 1.54) is 0 Å². The van der Waals surface area contributed by atoms with Crippen molar-refractivity contribution in [3.05, 3.63) is 0 Å². The van der Waals surface area contributed by atoms with E-state index in [4.69, 9.17) is 5.73 Å². The minimum absolute atomic E-state index is 0.277. The first-order valence-electron chi connectivity index (χ1n) is 3.19. The van der Waals surface area contributed by atoms with E-state index in [-0.39, 0.29) is 6.54 Å². The zero-order valence-electron chi connectivity index (χ0n) is 6.32. The van der Waals surface area contributed by atoms with E-state index in [9.17, 15) is 8.78 Å². The van der Waals surface area contributed by atoms with Crippen LogP contribution in [0.3, 0.4) is 0 Å². The van der Waals surface area contributed by atoms with Crippen molar-refractivity contribution < 1.29 is 8.78 Å². The highest BCUT2D eigenvalue weighted by molar-refractivity contribution is 4.74. The molecule has 0 saturated carbocycles. The molecule has 0 aromatic rings. The monoisotopic (exact) mass is 152 g/mol. The normalized spacial score (nSPS) is 12.6. The quantitative estimate of drug-likeness (QED) is 0.618. The smallest absolute Gasteiger partial charge is 0.250 e. The Bertz CT molecular complexity index is 88.2. The molecule has 62 valence electrons. The minimum Gasteiger partial charge on any atom is -0.324 e. The first-order valence-corrected chi connectivity index (χ1v) is 3.19. The topological polar surface area (TPSA) is 38.0 Å². The van der Waals surface area contributed by atoms with Crippen molar-refractivity contribution in [2.75, 3.05) is 13.1 Å². The number of hydrogen-bond donors (Lipinski definition) is 2. The summed E-state index contributed by atoms with van der Waals surface area (Å²) in [5, 5.41) is 2.55. The Kier molecular flexibility index (Phi) is 3.75. The molecule has 0 amide bonds. The number of nitrogens with one attached hydrogen (secondary N) is 1. The molecular weight excluding hydrogens is 138 g/mol. The Morgan fingerprint density at radius 1 is 1.50 bits per heavy atom. The average molecular weight is 152 g/mol. The first-order chi connectivity index (χ1) is 4.42. The number of rotatable bonds is 4. The molecule has 2 nitrogen and oxygen atoms in total. The molecule has 0 aliphatic carbocycles. The van der Waals surface area contributed by atoms with Gasteiger partial charge in [0.15, 0.2) is 0 Å². The van der Waals surface area contributed by atoms with Gasteiger partial charge in [0, 0.05) is 12.1 Å². The van der Waals surface area contributed by atoms with E-state index in [2.05, 4.69) is 5.32 Å². The lowest BCUT2D eigenvalue weighted by Gasteiger charge is -2.18. The van der Waals surface area contributed by atoms with Crippen LogP contribution in [0.5, 0.6) is 0 Å². The Morgan fingerprint density at radius 3 is 2.30 bits per heavy atom. The molecule has 0 aliphatic rings.